The summed E-state index contributed by atoms with van der Waals surface area (Å²) < 4.78 is 47.0. The van der Waals surface area contributed by atoms with E-state index in [4.69, 9.17) is 0 Å². The van der Waals surface area contributed by atoms with Gasteiger partial charge in [0.15, 0.2) is 0 Å². The minimum atomic E-state index is -2.95. The third-order valence-electron chi connectivity index (χ3n) is 4.71. The molecule has 2 aromatic rings. The fraction of sp³-hybridized carbons (Fsp3) is 0.545. The van der Waals surface area contributed by atoms with Crippen molar-refractivity contribution in [3.05, 3.63) is 39.5 Å². The molecule has 32 heavy (non-hydrogen) atoms. The lowest BCUT2D eigenvalue weighted by Crippen LogP contribution is -2.14. The van der Waals surface area contributed by atoms with Crippen molar-refractivity contribution in [1.29, 1.82) is 0 Å². The van der Waals surface area contributed by atoms with Crippen molar-refractivity contribution in [2.24, 2.45) is 4.36 Å². The quantitative estimate of drug-likeness (QED) is 0.475. The molecular weight excluding hydrogens is 458 g/mol. The van der Waals surface area contributed by atoms with E-state index >= 15 is 0 Å². The molecule has 2 rings (SSSR count). The molecule has 0 bridgehead atoms. The lowest BCUT2D eigenvalue weighted by Gasteiger charge is -2.21. The van der Waals surface area contributed by atoms with Gasteiger partial charge < -0.3 is 18.4 Å². The smallest absolute Gasteiger partial charge is 0.387 e. The Morgan fingerprint density at radius 2 is 1.75 bits per heavy atom. The number of aryl methyl sites for hydroxylation is 1. The molecule has 0 spiro atoms. The number of ether oxygens (including phenoxy) is 1. The summed E-state index contributed by atoms with van der Waals surface area (Å²) in [7, 11) is -1.96. The van der Waals surface area contributed by atoms with Gasteiger partial charge in [0.1, 0.15) is 16.4 Å². The first-order valence-electron chi connectivity index (χ1n) is 10.2. The Bertz CT molecular complexity index is 1040. The number of halogens is 2. The molecule has 0 aliphatic heterocycles. The number of carbonyl (C=O) groups is 1. The van der Waals surface area contributed by atoms with Gasteiger partial charge in [-0.2, -0.15) is 8.78 Å². The Kier molecular flexibility index (Phi) is 8.52. The highest BCUT2D eigenvalue weighted by molar-refractivity contribution is 7.78. The fourth-order valence-corrected chi connectivity index (χ4v) is 5.28. The van der Waals surface area contributed by atoms with Gasteiger partial charge in [0.2, 0.25) is 5.91 Å². The fourth-order valence-electron chi connectivity index (χ4n) is 3.22. The van der Waals surface area contributed by atoms with Gasteiger partial charge in [-0.05, 0) is 65.6 Å². The zero-order valence-corrected chi connectivity index (χ0v) is 20.9. The Hall–Kier alpha value is -1.91. The van der Waals surface area contributed by atoms with Gasteiger partial charge in [0, 0.05) is 5.69 Å². The topological polar surface area (TPSA) is 88.9 Å². The van der Waals surface area contributed by atoms with Crippen LogP contribution in [-0.4, -0.2) is 22.6 Å². The molecule has 6 nitrogen and oxygen atoms in total. The van der Waals surface area contributed by atoms with Crippen molar-refractivity contribution in [2.45, 2.75) is 83.1 Å². The third kappa shape index (κ3) is 6.55. The highest BCUT2D eigenvalue weighted by Crippen LogP contribution is 2.34. The van der Waals surface area contributed by atoms with Crippen LogP contribution in [0.3, 0.4) is 0 Å². The predicted octanol–water partition coefficient (Wildman–Crippen LogP) is 5.80. The zero-order valence-electron chi connectivity index (χ0n) is 19.2. The van der Waals surface area contributed by atoms with Crippen molar-refractivity contribution < 1.29 is 27.6 Å². The third-order valence-corrected chi connectivity index (χ3v) is 7.64. The second kappa shape index (κ2) is 10.4. The number of aromatic nitrogens is 1. The number of amides is 1. The Labute approximate surface area is 193 Å². The molecule has 0 radical (unpaired) electrons. The monoisotopic (exact) mass is 487 g/mol. The summed E-state index contributed by atoms with van der Waals surface area (Å²) in [6, 6.07) is 3.04. The van der Waals surface area contributed by atoms with Crippen molar-refractivity contribution in [1.82, 2.24) is 4.98 Å². The number of carbonyl (C=O) groups excluding carboxylic acids is 1. The van der Waals surface area contributed by atoms with Crippen LogP contribution in [0.2, 0.25) is 0 Å². The first-order valence-corrected chi connectivity index (χ1v) is 12.1. The largest absolute Gasteiger partial charge is 0.439 e. The maximum atomic E-state index is 12.8. The van der Waals surface area contributed by atoms with Crippen molar-refractivity contribution in [2.75, 3.05) is 0 Å². The van der Waals surface area contributed by atoms with E-state index in [1.165, 1.54) is 12.1 Å². The molecule has 1 amide bonds. The molecule has 0 aliphatic carbocycles. The highest BCUT2D eigenvalue weighted by Gasteiger charge is 2.22. The van der Waals surface area contributed by atoms with Crippen molar-refractivity contribution >= 4 is 27.8 Å². The molecular formula is C22H29F2N2O4S2-. The lowest BCUT2D eigenvalue weighted by molar-refractivity contribution is -0.117. The van der Waals surface area contributed by atoms with E-state index in [-0.39, 0.29) is 24.0 Å². The van der Waals surface area contributed by atoms with E-state index in [0.717, 1.165) is 11.3 Å². The van der Waals surface area contributed by atoms with Gasteiger partial charge in [0.25, 0.3) is 0 Å². The van der Waals surface area contributed by atoms with Crippen molar-refractivity contribution in [3.63, 3.8) is 0 Å². The first-order chi connectivity index (χ1) is 14.7. The van der Waals surface area contributed by atoms with Crippen LogP contribution in [0.15, 0.2) is 20.7 Å². The molecule has 0 atom stereocenters. The average Bonchev–Trinajstić information content (AvgIpc) is 3.04. The normalized spacial score (nSPS) is 13.4. The molecule has 0 unspecified atom stereocenters. The number of alkyl halides is 2. The van der Waals surface area contributed by atoms with E-state index in [1.54, 1.807) is 20.8 Å². The Morgan fingerprint density at radius 3 is 2.16 bits per heavy atom. The van der Waals surface area contributed by atoms with E-state index < -0.39 is 28.7 Å². The Morgan fingerprint density at radius 1 is 1.22 bits per heavy atom. The lowest BCUT2D eigenvalue weighted by atomic mass is 9.86. The number of rotatable bonds is 8. The van der Waals surface area contributed by atoms with Gasteiger partial charge in [-0.3, -0.25) is 4.79 Å². The van der Waals surface area contributed by atoms with Crippen LogP contribution in [0.5, 0.6) is 5.75 Å². The van der Waals surface area contributed by atoms with Gasteiger partial charge in [-0.25, -0.2) is 4.98 Å². The van der Waals surface area contributed by atoms with Crippen LogP contribution in [0.25, 0.3) is 0 Å². The summed E-state index contributed by atoms with van der Waals surface area (Å²) >= 11 is 1.05. The molecule has 0 aliphatic rings. The molecule has 178 valence electrons. The summed E-state index contributed by atoms with van der Waals surface area (Å²) in [5.74, 6) is -0.656. The highest BCUT2D eigenvalue weighted by atomic mass is 32.2. The van der Waals surface area contributed by atoms with Gasteiger partial charge in [0.05, 0.1) is 6.42 Å². The van der Waals surface area contributed by atoms with Crippen LogP contribution in [0.4, 0.5) is 8.78 Å². The minimum absolute atomic E-state index is 0.0450. The minimum Gasteiger partial charge on any atom is -0.439 e. The predicted molar refractivity (Wildman–Crippen MR) is 121 cm³/mol. The van der Waals surface area contributed by atoms with Crippen LogP contribution < -0.4 is 4.74 Å². The number of benzene rings is 1. The van der Waals surface area contributed by atoms with E-state index in [2.05, 4.69) is 14.1 Å². The number of nitrogens with zero attached hydrogens (tertiary/aromatic N) is 2. The Balaban J connectivity index is 2.44. The summed E-state index contributed by atoms with van der Waals surface area (Å²) in [6.45, 7) is 9.43. The SMILES string of the molecule is Cc1nc(C(C)(C)O)sc1[S-](=O)=NC(=O)Cc1c(C(C)C)cc(OC(F)F)cc1C(C)C. The number of hydrogen-bond donors (Lipinski definition) is 1. The summed E-state index contributed by atoms with van der Waals surface area (Å²) in [5.41, 5.74) is 1.35. The number of aliphatic hydroxyl groups is 1. The molecule has 0 saturated carbocycles. The molecule has 1 aromatic carbocycles. The van der Waals surface area contributed by atoms with Crippen LogP contribution >= 0.6 is 11.3 Å². The zero-order chi connectivity index (χ0) is 24.4. The second-order valence-electron chi connectivity index (χ2n) is 8.63. The van der Waals surface area contributed by atoms with E-state index in [1.807, 2.05) is 27.7 Å². The molecule has 10 heteroatoms. The summed E-state index contributed by atoms with van der Waals surface area (Å²) in [6.07, 6.45) is -0.113. The van der Waals surface area contributed by atoms with Crippen LogP contribution in [0.1, 0.15) is 80.8 Å². The summed E-state index contributed by atoms with van der Waals surface area (Å²) in [5, 5.41) is 10.5. The van der Waals surface area contributed by atoms with Crippen LogP contribution in [-0.2, 0) is 31.6 Å². The standard InChI is InChI=1S/C22H29F2N2O4S2/c1-11(2)15-8-14(30-21(23)24)9-16(12(3)4)17(15)10-18(27)26-32(29)19-13(5)25-20(31-19)22(6,7)28/h8-9,11-12,21,28H,10H2,1-7H3/q-1. The maximum absolute atomic E-state index is 12.8. The second-order valence-corrected chi connectivity index (χ2v) is 11.0. The summed E-state index contributed by atoms with van der Waals surface area (Å²) in [4.78, 5) is 17.0. The van der Waals surface area contributed by atoms with Gasteiger partial charge in [-0.15, -0.1) is 21.9 Å². The van der Waals surface area contributed by atoms with Crippen LogP contribution in [0, 0.1) is 6.92 Å². The average molecular weight is 488 g/mol. The van der Waals surface area contributed by atoms with E-state index in [0.29, 0.717) is 31.6 Å². The molecule has 0 saturated heterocycles. The first kappa shape index (κ1) is 26.3. The number of thiazole rings is 1. The van der Waals surface area contributed by atoms with Gasteiger partial charge >= 0.3 is 6.61 Å². The van der Waals surface area contributed by atoms with E-state index in [9.17, 15) is 22.9 Å². The number of hydrogen-bond acceptors (Lipinski definition) is 7. The van der Waals surface area contributed by atoms with Gasteiger partial charge in [-0.1, -0.05) is 27.7 Å². The molecule has 1 heterocycles. The maximum Gasteiger partial charge on any atom is 0.387 e. The molecule has 1 aromatic heterocycles. The molecule has 0 fully saturated rings. The van der Waals surface area contributed by atoms with Crippen molar-refractivity contribution in [3.8, 4) is 5.75 Å². The molecule has 1 N–H and O–H groups in total.